The number of anilines is 3. The molecule has 1 aromatic carbocycles. The van der Waals surface area contributed by atoms with Gasteiger partial charge in [-0.25, -0.2) is 0 Å². The summed E-state index contributed by atoms with van der Waals surface area (Å²) >= 11 is 1.70. The highest BCUT2D eigenvalue weighted by molar-refractivity contribution is 7.10. The van der Waals surface area contributed by atoms with Gasteiger partial charge in [0.1, 0.15) is 0 Å². The third-order valence-corrected chi connectivity index (χ3v) is 4.49. The average molecular weight is 273 g/mol. The normalized spacial score (nSPS) is 14.8. The van der Waals surface area contributed by atoms with E-state index in [2.05, 4.69) is 34.5 Å². The summed E-state index contributed by atoms with van der Waals surface area (Å²) in [6, 6.07) is 10.6. The van der Waals surface area contributed by atoms with E-state index < -0.39 is 0 Å². The van der Waals surface area contributed by atoms with Crippen molar-refractivity contribution < 1.29 is 0 Å². The summed E-state index contributed by atoms with van der Waals surface area (Å²) in [5, 5.41) is 5.49. The standard InChI is InChI=1S/C15H19N3S/c16-14-6-9-19-15(14)11-17-12-4-3-5-13(10-12)18-7-1-2-8-18/h3-6,9-10,17H,1-2,7-8,11,16H2. The van der Waals surface area contributed by atoms with E-state index in [1.165, 1.54) is 36.5 Å². The lowest BCUT2D eigenvalue weighted by molar-refractivity contribution is 0.949. The summed E-state index contributed by atoms with van der Waals surface area (Å²) in [4.78, 5) is 3.65. The molecule has 3 nitrogen and oxygen atoms in total. The number of nitrogens with one attached hydrogen (secondary N) is 1. The first kappa shape index (κ1) is 12.4. The molecule has 2 heterocycles. The first-order valence-electron chi connectivity index (χ1n) is 6.74. The number of rotatable bonds is 4. The van der Waals surface area contributed by atoms with Gasteiger partial charge in [-0.3, -0.25) is 0 Å². The number of thiophene rings is 1. The van der Waals surface area contributed by atoms with E-state index in [-0.39, 0.29) is 0 Å². The molecule has 1 fully saturated rings. The maximum Gasteiger partial charge on any atom is 0.0514 e. The SMILES string of the molecule is Nc1ccsc1CNc1cccc(N2CCCC2)c1. The number of hydrogen-bond donors (Lipinski definition) is 2. The van der Waals surface area contributed by atoms with Crippen LogP contribution < -0.4 is 16.0 Å². The van der Waals surface area contributed by atoms with Gasteiger partial charge in [-0.1, -0.05) is 6.07 Å². The quantitative estimate of drug-likeness (QED) is 0.895. The minimum absolute atomic E-state index is 0.799. The van der Waals surface area contributed by atoms with Crippen LogP contribution in [0.25, 0.3) is 0 Å². The van der Waals surface area contributed by atoms with Crippen molar-refractivity contribution >= 4 is 28.4 Å². The van der Waals surface area contributed by atoms with Crippen LogP contribution in [-0.4, -0.2) is 13.1 Å². The molecule has 0 aliphatic carbocycles. The Morgan fingerprint density at radius 2 is 2.05 bits per heavy atom. The Morgan fingerprint density at radius 3 is 2.79 bits per heavy atom. The zero-order valence-electron chi connectivity index (χ0n) is 10.9. The van der Waals surface area contributed by atoms with E-state index in [1.54, 1.807) is 11.3 Å². The van der Waals surface area contributed by atoms with Crippen LogP contribution in [0.2, 0.25) is 0 Å². The highest BCUT2D eigenvalue weighted by atomic mass is 32.1. The predicted molar refractivity (Wildman–Crippen MR) is 83.9 cm³/mol. The number of nitrogens with two attached hydrogens (primary N) is 1. The third kappa shape index (κ3) is 2.84. The summed E-state index contributed by atoms with van der Waals surface area (Å²) < 4.78 is 0. The first-order chi connectivity index (χ1) is 9.33. The number of nitrogens with zero attached hydrogens (tertiary/aromatic N) is 1. The van der Waals surface area contributed by atoms with Crippen LogP contribution in [0.15, 0.2) is 35.7 Å². The van der Waals surface area contributed by atoms with Gasteiger partial charge >= 0.3 is 0 Å². The molecule has 1 saturated heterocycles. The first-order valence-corrected chi connectivity index (χ1v) is 7.61. The molecule has 4 heteroatoms. The second kappa shape index (κ2) is 5.53. The van der Waals surface area contributed by atoms with Crippen molar-refractivity contribution in [2.24, 2.45) is 0 Å². The fraction of sp³-hybridized carbons (Fsp3) is 0.333. The fourth-order valence-corrected chi connectivity index (χ4v) is 3.20. The van der Waals surface area contributed by atoms with Crippen molar-refractivity contribution in [3.8, 4) is 0 Å². The third-order valence-electron chi connectivity index (χ3n) is 3.55. The molecule has 100 valence electrons. The second-order valence-electron chi connectivity index (χ2n) is 4.90. The van der Waals surface area contributed by atoms with Crippen molar-refractivity contribution in [1.29, 1.82) is 0 Å². The smallest absolute Gasteiger partial charge is 0.0514 e. The van der Waals surface area contributed by atoms with Crippen LogP contribution in [0.3, 0.4) is 0 Å². The lowest BCUT2D eigenvalue weighted by Crippen LogP contribution is -2.17. The van der Waals surface area contributed by atoms with E-state index in [4.69, 9.17) is 5.73 Å². The largest absolute Gasteiger partial charge is 0.398 e. The molecule has 0 unspecified atom stereocenters. The van der Waals surface area contributed by atoms with E-state index in [0.717, 1.165) is 17.9 Å². The molecule has 1 aliphatic rings. The van der Waals surface area contributed by atoms with Crippen molar-refractivity contribution in [2.75, 3.05) is 29.0 Å². The van der Waals surface area contributed by atoms with Crippen LogP contribution in [0.1, 0.15) is 17.7 Å². The maximum absolute atomic E-state index is 5.90. The molecule has 0 bridgehead atoms. The lowest BCUT2D eigenvalue weighted by atomic mass is 10.2. The number of nitrogen functional groups attached to an aromatic ring is 1. The summed E-state index contributed by atoms with van der Waals surface area (Å²) in [6.45, 7) is 3.16. The minimum Gasteiger partial charge on any atom is -0.398 e. The molecule has 2 aromatic rings. The van der Waals surface area contributed by atoms with E-state index in [9.17, 15) is 0 Å². The van der Waals surface area contributed by atoms with E-state index in [0.29, 0.717) is 0 Å². The molecule has 0 spiro atoms. The number of hydrogen-bond acceptors (Lipinski definition) is 4. The zero-order valence-corrected chi connectivity index (χ0v) is 11.7. The van der Waals surface area contributed by atoms with E-state index in [1.807, 2.05) is 11.4 Å². The Morgan fingerprint density at radius 1 is 1.21 bits per heavy atom. The van der Waals surface area contributed by atoms with Gasteiger partial charge in [0.25, 0.3) is 0 Å². The highest BCUT2D eigenvalue weighted by Crippen LogP contribution is 2.25. The van der Waals surface area contributed by atoms with Gasteiger partial charge in [0, 0.05) is 35.0 Å². The molecule has 0 amide bonds. The molecule has 0 radical (unpaired) electrons. The molecule has 19 heavy (non-hydrogen) atoms. The molecule has 3 rings (SSSR count). The van der Waals surface area contributed by atoms with Crippen LogP contribution in [0.5, 0.6) is 0 Å². The summed E-state index contributed by atoms with van der Waals surface area (Å²) in [5.74, 6) is 0. The number of benzene rings is 1. The Kier molecular flexibility index (Phi) is 3.60. The minimum atomic E-state index is 0.799. The topological polar surface area (TPSA) is 41.3 Å². The molecule has 0 atom stereocenters. The summed E-state index contributed by atoms with van der Waals surface area (Å²) in [5.41, 5.74) is 9.26. The lowest BCUT2D eigenvalue weighted by Gasteiger charge is -2.18. The second-order valence-corrected chi connectivity index (χ2v) is 5.90. The van der Waals surface area contributed by atoms with Gasteiger partial charge in [-0.05, 0) is 42.5 Å². The van der Waals surface area contributed by atoms with Crippen molar-refractivity contribution in [3.63, 3.8) is 0 Å². The Bertz CT molecular complexity index is 544. The predicted octanol–water partition coefficient (Wildman–Crippen LogP) is 3.54. The van der Waals surface area contributed by atoms with Gasteiger partial charge in [-0.15, -0.1) is 11.3 Å². The van der Waals surface area contributed by atoms with Crippen LogP contribution >= 0.6 is 11.3 Å². The maximum atomic E-state index is 5.90. The van der Waals surface area contributed by atoms with Crippen molar-refractivity contribution in [2.45, 2.75) is 19.4 Å². The Hall–Kier alpha value is -1.68. The van der Waals surface area contributed by atoms with Crippen LogP contribution in [-0.2, 0) is 6.54 Å². The van der Waals surface area contributed by atoms with Crippen LogP contribution in [0.4, 0.5) is 17.1 Å². The average Bonchev–Trinajstić information content (AvgIpc) is 3.08. The zero-order chi connectivity index (χ0) is 13.1. The van der Waals surface area contributed by atoms with Crippen molar-refractivity contribution in [3.05, 3.63) is 40.6 Å². The van der Waals surface area contributed by atoms with Crippen molar-refractivity contribution in [1.82, 2.24) is 0 Å². The van der Waals surface area contributed by atoms with Gasteiger partial charge in [0.15, 0.2) is 0 Å². The van der Waals surface area contributed by atoms with Gasteiger partial charge in [0.2, 0.25) is 0 Å². The monoisotopic (exact) mass is 273 g/mol. The molecule has 3 N–H and O–H groups in total. The highest BCUT2D eigenvalue weighted by Gasteiger charge is 2.12. The van der Waals surface area contributed by atoms with Gasteiger partial charge < -0.3 is 16.0 Å². The fourth-order valence-electron chi connectivity index (χ4n) is 2.46. The summed E-state index contributed by atoms with van der Waals surface area (Å²) in [6.07, 6.45) is 2.62. The van der Waals surface area contributed by atoms with Crippen LogP contribution in [0, 0.1) is 0 Å². The van der Waals surface area contributed by atoms with Gasteiger partial charge in [-0.2, -0.15) is 0 Å². The molecular weight excluding hydrogens is 254 g/mol. The molecule has 1 aromatic heterocycles. The molecule has 0 saturated carbocycles. The Labute approximate surface area is 118 Å². The van der Waals surface area contributed by atoms with Gasteiger partial charge in [0.05, 0.1) is 6.54 Å². The Balaban J connectivity index is 1.67. The molecule has 1 aliphatic heterocycles. The molecular formula is C15H19N3S. The van der Waals surface area contributed by atoms with E-state index >= 15 is 0 Å². The summed E-state index contributed by atoms with van der Waals surface area (Å²) in [7, 11) is 0.